The molecule has 0 spiro atoms. The quantitative estimate of drug-likeness (QED) is 0.828. The summed E-state index contributed by atoms with van der Waals surface area (Å²) in [6.07, 6.45) is 2.08. The zero-order chi connectivity index (χ0) is 12.3. The number of ether oxygens (including phenoxy) is 1. The highest BCUT2D eigenvalue weighted by atomic mass is 16.5. The Hall–Kier alpha value is -1.69. The number of aryl methyl sites for hydroxylation is 1. The summed E-state index contributed by atoms with van der Waals surface area (Å²) in [6, 6.07) is 0. The predicted octanol–water partition coefficient (Wildman–Crippen LogP) is 0.574. The number of aromatic carboxylic acids is 1. The minimum absolute atomic E-state index is 0.157. The van der Waals surface area contributed by atoms with Crippen LogP contribution in [0.5, 0.6) is 0 Å². The number of morpholine rings is 1. The van der Waals surface area contributed by atoms with Crippen molar-refractivity contribution in [3.8, 4) is 0 Å². The first-order valence-electron chi connectivity index (χ1n) is 5.64. The van der Waals surface area contributed by atoms with Gasteiger partial charge in [0.25, 0.3) is 0 Å². The van der Waals surface area contributed by atoms with Gasteiger partial charge in [-0.25, -0.2) is 14.8 Å². The molecule has 0 bridgehead atoms. The molecule has 1 aliphatic heterocycles. The molecule has 2 rings (SSSR count). The first kappa shape index (κ1) is 11.8. The second-order valence-electron chi connectivity index (χ2n) is 3.78. The van der Waals surface area contributed by atoms with Gasteiger partial charge in [-0.1, -0.05) is 6.92 Å². The fourth-order valence-corrected chi connectivity index (χ4v) is 1.75. The average molecular weight is 237 g/mol. The Bertz CT molecular complexity index is 416. The van der Waals surface area contributed by atoms with E-state index in [9.17, 15) is 4.79 Å². The van der Waals surface area contributed by atoms with Crippen LogP contribution >= 0.6 is 0 Å². The maximum absolute atomic E-state index is 11.1. The van der Waals surface area contributed by atoms with Crippen molar-refractivity contribution in [1.82, 2.24) is 9.97 Å². The number of carbonyl (C=O) groups is 1. The van der Waals surface area contributed by atoms with Crippen molar-refractivity contribution in [2.75, 3.05) is 31.2 Å². The summed E-state index contributed by atoms with van der Waals surface area (Å²) >= 11 is 0. The number of rotatable bonds is 3. The van der Waals surface area contributed by atoms with Crippen LogP contribution in [0.3, 0.4) is 0 Å². The normalized spacial score (nSPS) is 15.9. The average Bonchev–Trinajstić information content (AvgIpc) is 2.39. The number of nitrogens with zero attached hydrogens (tertiary/aromatic N) is 3. The number of aromatic nitrogens is 2. The monoisotopic (exact) mass is 237 g/mol. The fraction of sp³-hybridized carbons (Fsp3) is 0.545. The van der Waals surface area contributed by atoms with Crippen LogP contribution in [0, 0.1) is 0 Å². The standard InChI is InChI=1S/C11H15N3O3/c1-2-9-12-7-8(11(15)16)10(13-9)14-3-5-17-6-4-14/h7H,2-6H2,1H3,(H,15,16). The molecule has 17 heavy (non-hydrogen) atoms. The molecule has 0 atom stereocenters. The zero-order valence-electron chi connectivity index (χ0n) is 9.72. The van der Waals surface area contributed by atoms with Crippen molar-refractivity contribution < 1.29 is 14.6 Å². The molecule has 0 amide bonds. The number of carboxylic acids is 1. The van der Waals surface area contributed by atoms with Gasteiger partial charge in [0.15, 0.2) is 0 Å². The van der Waals surface area contributed by atoms with Crippen LogP contribution in [0.25, 0.3) is 0 Å². The predicted molar refractivity (Wildman–Crippen MR) is 61.4 cm³/mol. The summed E-state index contributed by atoms with van der Waals surface area (Å²) in [5.74, 6) is 0.179. The maximum atomic E-state index is 11.1. The second-order valence-corrected chi connectivity index (χ2v) is 3.78. The highest BCUT2D eigenvalue weighted by molar-refractivity contribution is 5.92. The van der Waals surface area contributed by atoms with Crippen LogP contribution in [-0.4, -0.2) is 47.3 Å². The Kier molecular flexibility index (Phi) is 3.53. The molecule has 2 heterocycles. The van der Waals surface area contributed by atoms with Crippen LogP contribution < -0.4 is 4.90 Å². The molecule has 6 nitrogen and oxygen atoms in total. The van der Waals surface area contributed by atoms with Gasteiger partial charge in [-0.3, -0.25) is 0 Å². The van der Waals surface area contributed by atoms with Gasteiger partial charge in [-0.2, -0.15) is 0 Å². The Morgan fingerprint density at radius 3 is 2.82 bits per heavy atom. The van der Waals surface area contributed by atoms with E-state index in [4.69, 9.17) is 9.84 Å². The van der Waals surface area contributed by atoms with Crippen molar-refractivity contribution in [3.63, 3.8) is 0 Å². The molecule has 0 unspecified atom stereocenters. The van der Waals surface area contributed by atoms with Gasteiger partial charge in [-0.15, -0.1) is 0 Å². The van der Waals surface area contributed by atoms with Gasteiger partial charge in [0.1, 0.15) is 17.2 Å². The minimum atomic E-state index is -0.992. The number of anilines is 1. The smallest absolute Gasteiger partial charge is 0.341 e. The van der Waals surface area contributed by atoms with Crippen LogP contribution in [0.2, 0.25) is 0 Å². The van der Waals surface area contributed by atoms with Crippen molar-refractivity contribution in [3.05, 3.63) is 17.6 Å². The zero-order valence-corrected chi connectivity index (χ0v) is 9.72. The molecular weight excluding hydrogens is 222 g/mol. The fourth-order valence-electron chi connectivity index (χ4n) is 1.75. The van der Waals surface area contributed by atoms with Crippen LogP contribution in [0.4, 0.5) is 5.82 Å². The molecule has 6 heteroatoms. The van der Waals surface area contributed by atoms with E-state index in [1.165, 1.54) is 6.20 Å². The van der Waals surface area contributed by atoms with Gasteiger partial charge in [-0.05, 0) is 0 Å². The number of carboxylic acid groups (broad SMARTS) is 1. The van der Waals surface area contributed by atoms with Crippen LogP contribution in [-0.2, 0) is 11.2 Å². The van der Waals surface area contributed by atoms with E-state index in [-0.39, 0.29) is 5.56 Å². The lowest BCUT2D eigenvalue weighted by Gasteiger charge is -2.28. The van der Waals surface area contributed by atoms with Gasteiger partial charge in [0.05, 0.1) is 13.2 Å². The van der Waals surface area contributed by atoms with Crippen molar-refractivity contribution in [2.24, 2.45) is 0 Å². The third-order valence-corrected chi connectivity index (χ3v) is 2.68. The highest BCUT2D eigenvalue weighted by Crippen LogP contribution is 2.18. The molecule has 1 aromatic heterocycles. The van der Waals surface area contributed by atoms with E-state index >= 15 is 0 Å². The molecule has 1 N–H and O–H groups in total. The summed E-state index contributed by atoms with van der Waals surface area (Å²) in [5.41, 5.74) is 0.157. The summed E-state index contributed by atoms with van der Waals surface area (Å²) in [4.78, 5) is 21.4. The maximum Gasteiger partial charge on any atom is 0.341 e. The molecule has 92 valence electrons. The van der Waals surface area contributed by atoms with E-state index < -0.39 is 5.97 Å². The summed E-state index contributed by atoms with van der Waals surface area (Å²) in [5, 5.41) is 9.12. The SMILES string of the molecule is CCc1ncc(C(=O)O)c(N2CCOCC2)n1. The lowest BCUT2D eigenvalue weighted by molar-refractivity contribution is 0.0695. The Morgan fingerprint density at radius 2 is 2.24 bits per heavy atom. The van der Waals surface area contributed by atoms with E-state index in [2.05, 4.69) is 9.97 Å². The van der Waals surface area contributed by atoms with Gasteiger partial charge >= 0.3 is 5.97 Å². The topological polar surface area (TPSA) is 75.5 Å². The molecule has 0 saturated carbocycles. The van der Waals surface area contributed by atoms with Crippen molar-refractivity contribution >= 4 is 11.8 Å². The lowest BCUT2D eigenvalue weighted by atomic mass is 10.2. The molecule has 1 aliphatic rings. The van der Waals surface area contributed by atoms with Gasteiger partial charge < -0.3 is 14.7 Å². The van der Waals surface area contributed by atoms with Crippen molar-refractivity contribution in [1.29, 1.82) is 0 Å². The van der Waals surface area contributed by atoms with Crippen molar-refractivity contribution in [2.45, 2.75) is 13.3 Å². The first-order valence-corrected chi connectivity index (χ1v) is 5.64. The molecule has 0 aromatic carbocycles. The molecule has 0 aliphatic carbocycles. The third kappa shape index (κ3) is 2.52. The van der Waals surface area contributed by atoms with Gasteiger partial charge in [0.2, 0.25) is 0 Å². The highest BCUT2D eigenvalue weighted by Gasteiger charge is 2.20. The molecular formula is C11H15N3O3. The number of hydrogen-bond donors (Lipinski definition) is 1. The third-order valence-electron chi connectivity index (χ3n) is 2.68. The molecule has 1 fully saturated rings. The van der Waals surface area contributed by atoms with Crippen LogP contribution in [0.1, 0.15) is 23.1 Å². The largest absolute Gasteiger partial charge is 0.477 e. The molecule has 1 saturated heterocycles. The van der Waals surface area contributed by atoms with Gasteiger partial charge in [0, 0.05) is 25.7 Å². The Balaban J connectivity index is 2.36. The number of hydrogen-bond acceptors (Lipinski definition) is 5. The lowest BCUT2D eigenvalue weighted by Crippen LogP contribution is -2.38. The molecule has 0 radical (unpaired) electrons. The molecule has 1 aromatic rings. The van der Waals surface area contributed by atoms with E-state index in [0.717, 1.165) is 0 Å². The Labute approximate surface area is 99.2 Å². The van der Waals surface area contributed by atoms with E-state index in [0.29, 0.717) is 44.4 Å². The summed E-state index contributed by atoms with van der Waals surface area (Å²) in [7, 11) is 0. The van der Waals surface area contributed by atoms with Crippen LogP contribution in [0.15, 0.2) is 6.20 Å². The first-order chi connectivity index (χ1) is 8.22. The van der Waals surface area contributed by atoms with E-state index in [1.54, 1.807) is 0 Å². The summed E-state index contributed by atoms with van der Waals surface area (Å²) in [6.45, 7) is 4.48. The second kappa shape index (κ2) is 5.09. The Morgan fingerprint density at radius 1 is 1.53 bits per heavy atom. The van der Waals surface area contributed by atoms with E-state index in [1.807, 2.05) is 11.8 Å². The summed E-state index contributed by atoms with van der Waals surface area (Å²) < 4.78 is 5.25. The minimum Gasteiger partial charge on any atom is -0.477 e.